The van der Waals surface area contributed by atoms with Crippen LogP contribution in [-0.4, -0.2) is 18.3 Å². The van der Waals surface area contributed by atoms with E-state index in [1.807, 2.05) is 0 Å². The molecule has 0 saturated carbocycles. The van der Waals surface area contributed by atoms with Gasteiger partial charge in [0.25, 0.3) is 0 Å². The lowest BCUT2D eigenvalue weighted by Gasteiger charge is -1.02. The monoisotopic (exact) mass is 130 g/mol. The highest BCUT2D eigenvalue weighted by molar-refractivity contribution is 5.26. The van der Waals surface area contributed by atoms with E-state index >= 15 is 0 Å². The van der Waals surface area contributed by atoms with Gasteiger partial charge in [-0.2, -0.15) is 9.59 Å². The summed E-state index contributed by atoms with van der Waals surface area (Å²) < 4.78 is 0. The van der Waals surface area contributed by atoms with Crippen LogP contribution in [0.5, 0.6) is 0 Å². The van der Waals surface area contributed by atoms with Crippen molar-refractivity contribution in [3.05, 3.63) is 0 Å². The number of carbonyl (C=O) groups excluding carboxylic acids is 4. The van der Waals surface area contributed by atoms with Crippen molar-refractivity contribution >= 4 is 18.3 Å². The number of rotatable bonds is 0. The molecule has 6 heteroatoms. The van der Waals surface area contributed by atoms with Gasteiger partial charge in [0.05, 0.1) is 0 Å². The molecule has 0 unspecified atom stereocenters. The third kappa shape index (κ3) is 30.4. The standard InChI is InChI=1S/2CHNO.CO2/c3*2-1-3/h2*2H;. The summed E-state index contributed by atoms with van der Waals surface area (Å²) in [4.78, 5) is 32.9. The van der Waals surface area contributed by atoms with E-state index in [0.29, 0.717) is 0 Å². The Bertz CT molecular complexity index is 105. The molecule has 0 radical (unpaired) electrons. The molecule has 0 fully saturated rings. The zero-order valence-electron chi connectivity index (χ0n) is 4.13. The van der Waals surface area contributed by atoms with Crippen LogP contribution in [0.15, 0.2) is 0 Å². The molecule has 0 aromatic rings. The van der Waals surface area contributed by atoms with Gasteiger partial charge >= 0.3 is 6.15 Å². The van der Waals surface area contributed by atoms with Gasteiger partial charge in [-0.25, -0.2) is 20.4 Å². The Balaban J connectivity index is -0.0000000600. The molecule has 0 aromatic carbocycles. The van der Waals surface area contributed by atoms with E-state index in [0.717, 1.165) is 12.2 Å². The second-order valence-electron chi connectivity index (χ2n) is 0.287. The third-order valence-electron chi connectivity index (χ3n) is 0. The van der Waals surface area contributed by atoms with Gasteiger partial charge in [0.1, 0.15) is 0 Å². The Morgan fingerprint density at radius 1 is 0.778 bits per heavy atom. The number of hydrogen-bond donors (Lipinski definition) is 2. The fourth-order valence-corrected chi connectivity index (χ4v) is 0. The molecule has 0 aliphatic rings. The summed E-state index contributed by atoms with van der Waals surface area (Å²) >= 11 is 0. The van der Waals surface area contributed by atoms with E-state index in [-0.39, 0.29) is 6.15 Å². The second-order valence-corrected chi connectivity index (χ2v) is 0.287. The van der Waals surface area contributed by atoms with E-state index in [4.69, 9.17) is 30.0 Å². The number of nitrogens with one attached hydrogen (secondary N) is 2. The van der Waals surface area contributed by atoms with Crippen LogP contribution in [0.4, 0.5) is 0 Å². The lowest BCUT2D eigenvalue weighted by molar-refractivity contribution is -0.191. The smallest absolute Gasteiger partial charge is 0.222 e. The molecule has 6 nitrogen and oxygen atoms in total. The summed E-state index contributed by atoms with van der Waals surface area (Å²) in [5.41, 5.74) is 0. The van der Waals surface area contributed by atoms with Crippen molar-refractivity contribution in [1.82, 2.24) is 0 Å². The van der Waals surface area contributed by atoms with Gasteiger partial charge in [-0.15, -0.1) is 0 Å². The van der Waals surface area contributed by atoms with Crippen molar-refractivity contribution in [1.29, 1.82) is 10.8 Å². The molecular formula is C3H2N2O4. The molecular weight excluding hydrogens is 128 g/mol. The Labute approximate surface area is 49.5 Å². The molecule has 0 aromatic heterocycles. The lowest BCUT2D eigenvalue weighted by Crippen LogP contribution is -1.22. The Morgan fingerprint density at radius 3 is 0.778 bits per heavy atom. The van der Waals surface area contributed by atoms with Crippen molar-refractivity contribution in [2.45, 2.75) is 0 Å². The largest absolute Gasteiger partial charge is 0.373 e. The maximum Gasteiger partial charge on any atom is 0.373 e. The summed E-state index contributed by atoms with van der Waals surface area (Å²) in [6.45, 7) is 0. The Morgan fingerprint density at radius 2 is 0.778 bits per heavy atom. The van der Waals surface area contributed by atoms with E-state index < -0.39 is 0 Å². The minimum absolute atomic E-state index is 0.250. The average Bonchev–Trinajstić information content (AvgIpc) is 1.70. The van der Waals surface area contributed by atoms with Gasteiger partial charge < -0.3 is 0 Å². The van der Waals surface area contributed by atoms with Crippen LogP contribution >= 0.6 is 0 Å². The number of hydrogen-bond acceptors (Lipinski definition) is 6. The van der Waals surface area contributed by atoms with Crippen molar-refractivity contribution < 1.29 is 19.2 Å². The van der Waals surface area contributed by atoms with E-state index in [1.54, 1.807) is 0 Å². The Kier molecular flexibility index (Phi) is 218. The lowest BCUT2D eigenvalue weighted by atomic mass is 11.7. The molecule has 0 saturated heterocycles. The first kappa shape index (κ1) is 15.7. The molecule has 2 N–H and O–H groups in total. The van der Waals surface area contributed by atoms with Crippen LogP contribution in [-0.2, 0) is 19.2 Å². The Hall–Kier alpha value is -1.86. The molecule has 0 aliphatic heterocycles. The SMILES string of the molecule is N=C=O.N=C=O.O=C=O. The van der Waals surface area contributed by atoms with Crippen molar-refractivity contribution in [2.24, 2.45) is 0 Å². The molecule has 0 heterocycles. The van der Waals surface area contributed by atoms with Crippen LogP contribution in [0.2, 0.25) is 0 Å². The number of isocyanates is 2. The summed E-state index contributed by atoms with van der Waals surface area (Å²) in [5, 5.41) is 10.8. The van der Waals surface area contributed by atoms with Gasteiger partial charge in [0.2, 0.25) is 12.2 Å². The van der Waals surface area contributed by atoms with E-state index in [2.05, 4.69) is 0 Å². The van der Waals surface area contributed by atoms with Crippen LogP contribution in [0.3, 0.4) is 0 Å². The van der Waals surface area contributed by atoms with Crippen molar-refractivity contribution in [3.8, 4) is 0 Å². The molecule has 0 amide bonds. The van der Waals surface area contributed by atoms with Gasteiger partial charge in [-0.1, -0.05) is 0 Å². The van der Waals surface area contributed by atoms with Crippen LogP contribution in [0, 0.1) is 10.8 Å². The second kappa shape index (κ2) is 125. The first-order valence-corrected chi connectivity index (χ1v) is 1.32. The highest BCUT2D eigenvalue weighted by Crippen LogP contribution is 0.871. The fourth-order valence-electron chi connectivity index (χ4n) is 0. The average molecular weight is 130 g/mol. The zero-order valence-corrected chi connectivity index (χ0v) is 4.13. The highest BCUT2D eigenvalue weighted by atomic mass is 16.2. The molecule has 48 valence electrons. The van der Waals surface area contributed by atoms with Crippen molar-refractivity contribution in [2.75, 3.05) is 0 Å². The summed E-state index contributed by atoms with van der Waals surface area (Å²) in [5.74, 6) is 0. The van der Waals surface area contributed by atoms with Crippen LogP contribution in [0.1, 0.15) is 0 Å². The predicted octanol–water partition coefficient (Wildman–Crippen LogP) is -0.782. The first-order valence-electron chi connectivity index (χ1n) is 1.32. The fraction of sp³-hybridized carbons (Fsp3) is 0. The van der Waals surface area contributed by atoms with Gasteiger partial charge in [-0.3, -0.25) is 0 Å². The maximum atomic E-state index is 8.35. The summed E-state index contributed by atoms with van der Waals surface area (Å²) in [6, 6.07) is 0. The van der Waals surface area contributed by atoms with Gasteiger partial charge in [0.15, 0.2) is 0 Å². The van der Waals surface area contributed by atoms with Crippen LogP contribution < -0.4 is 0 Å². The van der Waals surface area contributed by atoms with Gasteiger partial charge in [-0.05, 0) is 0 Å². The first-order chi connectivity index (χ1) is 4.24. The maximum absolute atomic E-state index is 8.35. The third-order valence-corrected chi connectivity index (χ3v) is 0. The molecule has 0 rings (SSSR count). The quantitative estimate of drug-likeness (QED) is 0.330. The molecule has 0 bridgehead atoms. The normalized spacial score (nSPS) is 2.67. The van der Waals surface area contributed by atoms with Gasteiger partial charge in [0, 0.05) is 0 Å². The minimum Gasteiger partial charge on any atom is -0.222 e. The molecule has 9 heavy (non-hydrogen) atoms. The highest BCUT2D eigenvalue weighted by Gasteiger charge is 1.13. The topological polar surface area (TPSA) is 116 Å². The minimum atomic E-state index is 0.250. The summed E-state index contributed by atoms with van der Waals surface area (Å²) in [6.07, 6.45) is 1.75. The molecule has 0 atom stereocenters. The van der Waals surface area contributed by atoms with Crippen molar-refractivity contribution in [3.63, 3.8) is 0 Å². The zero-order chi connectivity index (χ0) is 8.12. The van der Waals surface area contributed by atoms with Crippen LogP contribution in [0.25, 0.3) is 0 Å². The van der Waals surface area contributed by atoms with E-state index in [9.17, 15) is 0 Å². The molecule has 0 aliphatic carbocycles. The predicted molar refractivity (Wildman–Crippen MR) is 21.8 cm³/mol. The van der Waals surface area contributed by atoms with E-state index in [1.165, 1.54) is 0 Å². The summed E-state index contributed by atoms with van der Waals surface area (Å²) in [7, 11) is 0. The molecule has 0 spiro atoms.